The predicted octanol–water partition coefficient (Wildman–Crippen LogP) is 2.66. The first kappa shape index (κ1) is 15.9. The summed E-state index contributed by atoms with van der Waals surface area (Å²) in [5.41, 5.74) is 5.98. The molecular weight excluding hydrogens is 322 g/mol. The molecule has 0 fully saturated rings. The molecule has 3 N–H and O–H groups in total. The van der Waals surface area contributed by atoms with E-state index in [9.17, 15) is 4.79 Å². The molecule has 0 saturated heterocycles. The summed E-state index contributed by atoms with van der Waals surface area (Å²) in [7, 11) is 3.96. The Morgan fingerprint density at radius 2 is 1.83 bits per heavy atom. The molecule has 1 heterocycles. The Hall–Kier alpha value is -2.93. The van der Waals surface area contributed by atoms with Crippen LogP contribution in [0.2, 0.25) is 0 Å². The van der Waals surface area contributed by atoms with E-state index >= 15 is 0 Å². The Bertz CT molecular complexity index is 814. The van der Waals surface area contributed by atoms with Crippen molar-refractivity contribution in [1.29, 1.82) is 0 Å². The van der Waals surface area contributed by atoms with E-state index in [1.165, 1.54) is 0 Å². The number of carbonyl (C=O) groups is 1. The highest BCUT2D eigenvalue weighted by atomic mass is 32.1. The number of nitrogens with one attached hydrogen (secondary N) is 3. The first-order valence-electron chi connectivity index (χ1n) is 7.37. The highest BCUT2D eigenvalue weighted by molar-refractivity contribution is 7.80. The van der Waals surface area contributed by atoms with Crippen molar-refractivity contribution < 1.29 is 4.79 Å². The van der Waals surface area contributed by atoms with Gasteiger partial charge in [0.1, 0.15) is 0 Å². The molecule has 0 aromatic heterocycles. The van der Waals surface area contributed by atoms with Crippen molar-refractivity contribution in [3.63, 3.8) is 0 Å². The number of rotatable bonds is 3. The van der Waals surface area contributed by atoms with Gasteiger partial charge in [0.05, 0.1) is 5.69 Å². The number of Topliss-reactive ketones (excluding diaryl/α,β-unsaturated/α-hetero) is 1. The van der Waals surface area contributed by atoms with E-state index in [4.69, 9.17) is 12.2 Å². The van der Waals surface area contributed by atoms with Crippen LogP contribution in [0, 0.1) is 0 Å². The van der Waals surface area contributed by atoms with Gasteiger partial charge in [-0.2, -0.15) is 5.10 Å². The summed E-state index contributed by atoms with van der Waals surface area (Å²) < 4.78 is 0. The lowest BCUT2D eigenvalue weighted by Crippen LogP contribution is -2.27. The molecule has 0 radical (unpaired) electrons. The first-order valence-corrected chi connectivity index (χ1v) is 7.78. The van der Waals surface area contributed by atoms with Gasteiger partial charge in [0.2, 0.25) is 5.78 Å². The Kier molecular flexibility index (Phi) is 4.43. The minimum atomic E-state index is -0.156. The summed E-state index contributed by atoms with van der Waals surface area (Å²) in [4.78, 5) is 14.2. The fourth-order valence-electron chi connectivity index (χ4n) is 2.29. The SMILES string of the molecule is CN(C)c1ccc(NC(=S)NN=C2Nc3ccccc3C2=O)cc1. The molecule has 7 heteroatoms. The van der Waals surface area contributed by atoms with Crippen LogP contribution in [0.3, 0.4) is 0 Å². The minimum Gasteiger partial charge on any atom is -0.378 e. The topological polar surface area (TPSA) is 68.8 Å². The number of fused-ring (bicyclic) bond motifs is 1. The summed E-state index contributed by atoms with van der Waals surface area (Å²) in [5, 5.41) is 10.4. The molecule has 2 aromatic rings. The zero-order valence-electron chi connectivity index (χ0n) is 13.3. The smallest absolute Gasteiger partial charge is 0.232 e. The van der Waals surface area contributed by atoms with E-state index in [1.54, 1.807) is 6.07 Å². The maximum atomic E-state index is 12.2. The lowest BCUT2D eigenvalue weighted by atomic mass is 10.1. The average Bonchev–Trinajstić information content (AvgIpc) is 2.90. The largest absolute Gasteiger partial charge is 0.378 e. The van der Waals surface area contributed by atoms with Crippen LogP contribution in [-0.2, 0) is 0 Å². The van der Waals surface area contributed by atoms with Crippen LogP contribution in [0.1, 0.15) is 10.4 Å². The summed E-state index contributed by atoms with van der Waals surface area (Å²) in [6.07, 6.45) is 0. The van der Waals surface area contributed by atoms with Crippen LogP contribution in [0.4, 0.5) is 17.1 Å². The number of ketones is 1. The van der Waals surface area contributed by atoms with Crippen LogP contribution in [0.25, 0.3) is 0 Å². The van der Waals surface area contributed by atoms with E-state index < -0.39 is 0 Å². The molecule has 0 unspecified atom stereocenters. The van der Waals surface area contributed by atoms with Crippen molar-refractivity contribution in [2.45, 2.75) is 0 Å². The molecule has 3 rings (SSSR count). The van der Waals surface area contributed by atoms with Crippen molar-refractivity contribution in [3.8, 4) is 0 Å². The third-order valence-corrected chi connectivity index (χ3v) is 3.74. The number of anilines is 3. The Labute approximate surface area is 145 Å². The summed E-state index contributed by atoms with van der Waals surface area (Å²) in [6.45, 7) is 0. The molecule has 6 nitrogen and oxygen atoms in total. The van der Waals surface area contributed by atoms with Gasteiger partial charge in [-0.05, 0) is 48.6 Å². The van der Waals surface area contributed by atoms with Crippen LogP contribution in [0.15, 0.2) is 53.6 Å². The summed E-state index contributed by atoms with van der Waals surface area (Å²) >= 11 is 5.20. The fraction of sp³-hybridized carbons (Fsp3) is 0.118. The molecule has 0 bridgehead atoms. The van der Waals surface area contributed by atoms with Crippen LogP contribution >= 0.6 is 12.2 Å². The third kappa shape index (κ3) is 3.36. The van der Waals surface area contributed by atoms with Gasteiger partial charge in [0.25, 0.3) is 0 Å². The molecule has 0 aliphatic carbocycles. The normalized spacial score (nSPS) is 14.1. The number of para-hydroxylation sites is 1. The quantitative estimate of drug-likeness (QED) is 0.590. The van der Waals surface area contributed by atoms with Gasteiger partial charge in [-0.15, -0.1) is 0 Å². The molecule has 0 saturated carbocycles. The number of hydrogen-bond acceptors (Lipinski definition) is 4. The summed E-state index contributed by atoms with van der Waals surface area (Å²) in [5.74, 6) is 0.0690. The van der Waals surface area contributed by atoms with Crippen molar-refractivity contribution >= 4 is 46.0 Å². The highest BCUT2D eigenvalue weighted by Crippen LogP contribution is 2.22. The zero-order valence-corrected chi connectivity index (χ0v) is 14.1. The van der Waals surface area contributed by atoms with Crippen molar-refractivity contribution in [2.75, 3.05) is 29.6 Å². The number of amidine groups is 1. The second kappa shape index (κ2) is 6.67. The van der Waals surface area contributed by atoms with Gasteiger partial charge >= 0.3 is 0 Å². The van der Waals surface area contributed by atoms with Crippen LogP contribution in [0.5, 0.6) is 0 Å². The van der Waals surface area contributed by atoms with Crippen molar-refractivity contribution in [1.82, 2.24) is 5.43 Å². The Balaban J connectivity index is 1.61. The lowest BCUT2D eigenvalue weighted by Gasteiger charge is -2.13. The van der Waals surface area contributed by atoms with E-state index in [0.717, 1.165) is 17.1 Å². The van der Waals surface area contributed by atoms with Crippen LogP contribution in [-0.4, -0.2) is 30.8 Å². The maximum absolute atomic E-state index is 12.2. The molecular formula is C17H17N5OS. The lowest BCUT2D eigenvalue weighted by molar-refractivity contribution is 0.106. The fourth-order valence-corrected chi connectivity index (χ4v) is 2.45. The maximum Gasteiger partial charge on any atom is 0.232 e. The van der Waals surface area contributed by atoms with Gasteiger partial charge in [-0.3, -0.25) is 10.2 Å². The molecule has 0 amide bonds. The second-order valence-electron chi connectivity index (χ2n) is 5.47. The minimum absolute atomic E-state index is 0.156. The van der Waals surface area contributed by atoms with Gasteiger partial charge in [0, 0.05) is 31.0 Å². The summed E-state index contributed by atoms with van der Waals surface area (Å²) in [6, 6.07) is 15.1. The molecule has 0 atom stereocenters. The number of hydrogen-bond donors (Lipinski definition) is 3. The van der Waals surface area contributed by atoms with Gasteiger partial charge in [-0.25, -0.2) is 0 Å². The van der Waals surface area contributed by atoms with Gasteiger partial charge in [0.15, 0.2) is 10.9 Å². The van der Waals surface area contributed by atoms with Crippen molar-refractivity contribution in [3.05, 3.63) is 54.1 Å². The van der Waals surface area contributed by atoms with Crippen LogP contribution < -0.4 is 21.0 Å². The third-order valence-electron chi connectivity index (χ3n) is 3.55. The van der Waals surface area contributed by atoms with E-state index in [1.807, 2.05) is 61.5 Å². The predicted molar refractivity (Wildman–Crippen MR) is 102 cm³/mol. The molecule has 122 valence electrons. The van der Waals surface area contributed by atoms with E-state index in [2.05, 4.69) is 21.2 Å². The molecule has 2 aromatic carbocycles. The van der Waals surface area contributed by atoms with Gasteiger partial charge in [-0.1, -0.05) is 12.1 Å². The number of benzene rings is 2. The zero-order chi connectivity index (χ0) is 17.1. The number of hydrazone groups is 1. The average molecular weight is 339 g/mol. The monoisotopic (exact) mass is 339 g/mol. The standard InChI is InChI=1S/C17H17N5OS/c1-22(2)12-9-7-11(8-10-12)18-17(24)21-20-16-15(23)13-5-3-4-6-14(13)19-16/h3-10H,1-2H3,(H2,18,21,24)(H,19,20,23). The highest BCUT2D eigenvalue weighted by Gasteiger charge is 2.25. The second-order valence-corrected chi connectivity index (χ2v) is 5.88. The molecule has 0 spiro atoms. The number of carbonyl (C=O) groups excluding carboxylic acids is 1. The molecule has 1 aliphatic heterocycles. The van der Waals surface area contributed by atoms with Crippen molar-refractivity contribution in [2.24, 2.45) is 5.10 Å². The molecule has 1 aliphatic rings. The Morgan fingerprint density at radius 3 is 2.50 bits per heavy atom. The van der Waals surface area contributed by atoms with E-state index in [-0.39, 0.29) is 11.6 Å². The first-order chi connectivity index (χ1) is 11.5. The van der Waals surface area contributed by atoms with Gasteiger partial charge < -0.3 is 15.5 Å². The van der Waals surface area contributed by atoms with E-state index in [0.29, 0.717) is 10.7 Å². The number of thiocarbonyl (C=S) groups is 1. The molecule has 24 heavy (non-hydrogen) atoms. The number of nitrogens with zero attached hydrogens (tertiary/aromatic N) is 2. The Morgan fingerprint density at radius 1 is 1.12 bits per heavy atom.